The summed E-state index contributed by atoms with van der Waals surface area (Å²) in [6.45, 7) is 3.25. The Hall–Kier alpha value is -2.68. The fourth-order valence-corrected chi connectivity index (χ4v) is 4.53. The van der Waals surface area contributed by atoms with Gasteiger partial charge in [-0.25, -0.2) is 9.37 Å². The third-order valence-electron chi connectivity index (χ3n) is 5.87. The fraction of sp³-hybridized carbons (Fsp3) is 0.455. The smallest absolute Gasteiger partial charge is 0.389 e. The van der Waals surface area contributed by atoms with E-state index in [0.717, 1.165) is 42.5 Å². The van der Waals surface area contributed by atoms with Crippen LogP contribution in [0.4, 0.5) is 29.1 Å². The number of nitrogens with zero attached hydrogens (tertiary/aromatic N) is 1. The molecule has 0 aliphatic heterocycles. The summed E-state index contributed by atoms with van der Waals surface area (Å²) >= 11 is 0. The lowest BCUT2D eigenvalue weighted by Crippen LogP contribution is -2.38. The molecule has 1 fully saturated rings. The van der Waals surface area contributed by atoms with Crippen LogP contribution in [-0.2, 0) is 6.18 Å². The van der Waals surface area contributed by atoms with Gasteiger partial charge in [-0.1, -0.05) is 0 Å². The van der Waals surface area contributed by atoms with Gasteiger partial charge in [0.25, 0.3) is 5.91 Å². The highest BCUT2D eigenvalue weighted by Crippen LogP contribution is 2.56. The van der Waals surface area contributed by atoms with Crippen molar-refractivity contribution in [2.24, 2.45) is 0 Å². The van der Waals surface area contributed by atoms with Crippen LogP contribution in [0.15, 0.2) is 24.4 Å². The Morgan fingerprint density at radius 2 is 1.87 bits per heavy atom. The number of aliphatic hydroxyl groups is 1. The van der Waals surface area contributed by atoms with Crippen LogP contribution in [0.1, 0.15) is 72.0 Å². The van der Waals surface area contributed by atoms with Crippen molar-refractivity contribution >= 4 is 17.4 Å². The van der Waals surface area contributed by atoms with E-state index in [4.69, 9.17) is 0 Å². The van der Waals surface area contributed by atoms with Gasteiger partial charge in [0.2, 0.25) is 0 Å². The Bertz CT molecular complexity index is 1030. The molecule has 1 aromatic carbocycles. The van der Waals surface area contributed by atoms with Crippen LogP contribution in [0.5, 0.6) is 0 Å². The van der Waals surface area contributed by atoms with Crippen LogP contribution in [0.2, 0.25) is 0 Å². The molecule has 2 unspecified atom stereocenters. The van der Waals surface area contributed by atoms with Crippen LogP contribution in [0.3, 0.4) is 0 Å². The van der Waals surface area contributed by atoms with Gasteiger partial charge in [0.05, 0.1) is 16.7 Å². The van der Waals surface area contributed by atoms with Crippen molar-refractivity contribution in [1.29, 1.82) is 0 Å². The van der Waals surface area contributed by atoms with Gasteiger partial charge < -0.3 is 15.7 Å². The molecular formula is C22H23F4N3O2. The van der Waals surface area contributed by atoms with Crippen LogP contribution < -0.4 is 10.6 Å². The third-order valence-corrected chi connectivity index (χ3v) is 5.87. The number of hydrogen-bond donors (Lipinski definition) is 3. The van der Waals surface area contributed by atoms with Gasteiger partial charge in [-0.3, -0.25) is 4.79 Å². The molecule has 5 nitrogen and oxygen atoms in total. The van der Waals surface area contributed by atoms with E-state index < -0.39 is 23.2 Å². The number of anilines is 2. The van der Waals surface area contributed by atoms with Crippen LogP contribution >= 0.6 is 0 Å². The van der Waals surface area contributed by atoms with E-state index >= 15 is 0 Å². The summed E-state index contributed by atoms with van der Waals surface area (Å²) in [6, 6.07) is 2.73. The number of halogens is 4. The average molecular weight is 437 g/mol. The second-order valence-electron chi connectivity index (χ2n) is 8.87. The van der Waals surface area contributed by atoms with Crippen molar-refractivity contribution in [3.05, 3.63) is 52.5 Å². The lowest BCUT2D eigenvalue weighted by Gasteiger charge is -2.23. The van der Waals surface area contributed by atoms with Gasteiger partial charge in [0.15, 0.2) is 0 Å². The van der Waals surface area contributed by atoms with E-state index in [1.807, 2.05) is 0 Å². The first-order chi connectivity index (χ1) is 14.4. The Kier molecular flexibility index (Phi) is 5.20. The fourth-order valence-electron chi connectivity index (χ4n) is 4.53. The van der Waals surface area contributed by atoms with E-state index in [2.05, 4.69) is 15.6 Å². The summed E-state index contributed by atoms with van der Waals surface area (Å²) in [4.78, 5) is 17.1. The van der Waals surface area contributed by atoms with Crippen molar-refractivity contribution in [3.8, 4) is 0 Å². The largest absolute Gasteiger partial charge is 0.419 e. The van der Waals surface area contributed by atoms with E-state index in [0.29, 0.717) is 11.4 Å². The summed E-state index contributed by atoms with van der Waals surface area (Å²) in [5.74, 6) is -0.939. The molecule has 166 valence electrons. The zero-order chi connectivity index (χ0) is 22.6. The highest BCUT2D eigenvalue weighted by molar-refractivity contribution is 5.97. The number of carbonyl (C=O) groups excluding carboxylic acids is 1. The van der Waals surface area contributed by atoms with Gasteiger partial charge in [-0.2, -0.15) is 13.2 Å². The molecule has 9 heteroatoms. The number of rotatable bonds is 5. The lowest BCUT2D eigenvalue weighted by atomic mass is 9.89. The minimum Gasteiger partial charge on any atom is -0.389 e. The molecule has 0 saturated heterocycles. The third kappa shape index (κ3) is 4.23. The Morgan fingerprint density at radius 1 is 1.19 bits per heavy atom. The first kappa shape index (κ1) is 21.5. The Labute approximate surface area is 176 Å². The van der Waals surface area contributed by atoms with Crippen molar-refractivity contribution in [2.45, 2.75) is 56.7 Å². The molecule has 4 rings (SSSR count). The summed E-state index contributed by atoms with van der Waals surface area (Å²) in [5.41, 5.74) is -0.216. The maximum atomic E-state index is 13.6. The number of nitrogens with one attached hydrogen (secondary N) is 2. The van der Waals surface area contributed by atoms with E-state index in [9.17, 15) is 27.5 Å². The van der Waals surface area contributed by atoms with Crippen molar-refractivity contribution in [2.75, 3.05) is 11.9 Å². The SMILES string of the molecule is CC(C)(O)CNC(=O)c1cnc(Nc2ccc(F)c(C(F)(F)F)c2)c2c1C1CCC2C1. The summed E-state index contributed by atoms with van der Waals surface area (Å²) in [5, 5.41) is 15.5. The monoisotopic (exact) mass is 437 g/mol. The maximum absolute atomic E-state index is 13.6. The van der Waals surface area contributed by atoms with E-state index in [1.54, 1.807) is 13.8 Å². The molecule has 2 atom stereocenters. The highest BCUT2D eigenvalue weighted by atomic mass is 19.4. The molecule has 0 spiro atoms. The second-order valence-corrected chi connectivity index (χ2v) is 8.87. The molecule has 3 N–H and O–H groups in total. The normalized spacial score (nSPS) is 20.0. The number of aromatic nitrogens is 1. The summed E-state index contributed by atoms with van der Waals surface area (Å²) in [6.07, 6.45) is -0.686. The zero-order valence-electron chi connectivity index (χ0n) is 17.1. The minimum atomic E-state index is -4.81. The molecule has 1 amide bonds. The molecule has 31 heavy (non-hydrogen) atoms. The number of carbonyl (C=O) groups is 1. The van der Waals surface area contributed by atoms with Crippen molar-refractivity contribution in [1.82, 2.24) is 10.3 Å². The quantitative estimate of drug-likeness (QED) is 0.585. The molecule has 0 radical (unpaired) electrons. The standard InChI is InChI=1S/C22H23F4N3O2/c1-21(2,31)10-28-20(30)14-9-27-19(18-12-4-3-11(7-12)17(14)18)29-13-5-6-16(23)15(8-13)22(24,25)26/h5-6,8-9,11-12,31H,3-4,7,10H2,1-2H3,(H,27,29)(H,28,30). The van der Waals surface area contributed by atoms with Gasteiger partial charge in [-0.05, 0) is 68.7 Å². The second kappa shape index (κ2) is 7.47. The molecule has 2 bridgehead atoms. The predicted molar refractivity (Wildman–Crippen MR) is 107 cm³/mol. The molecule has 1 aromatic heterocycles. The van der Waals surface area contributed by atoms with E-state index in [1.165, 1.54) is 12.3 Å². The van der Waals surface area contributed by atoms with Gasteiger partial charge in [-0.15, -0.1) is 0 Å². The molecule has 1 saturated carbocycles. The molecule has 1 heterocycles. The molecule has 2 aromatic rings. The minimum absolute atomic E-state index is 0.0739. The van der Waals surface area contributed by atoms with Gasteiger partial charge >= 0.3 is 6.18 Å². The van der Waals surface area contributed by atoms with Gasteiger partial charge in [0.1, 0.15) is 11.6 Å². The Morgan fingerprint density at radius 3 is 2.52 bits per heavy atom. The van der Waals surface area contributed by atoms with Crippen LogP contribution in [-0.4, -0.2) is 28.1 Å². The first-order valence-corrected chi connectivity index (χ1v) is 10.1. The number of pyridine rings is 1. The predicted octanol–water partition coefficient (Wildman–Crippen LogP) is 4.85. The average Bonchev–Trinajstić information content (AvgIpc) is 3.29. The number of hydrogen-bond acceptors (Lipinski definition) is 4. The maximum Gasteiger partial charge on any atom is 0.419 e. The highest BCUT2D eigenvalue weighted by Gasteiger charge is 2.42. The van der Waals surface area contributed by atoms with Gasteiger partial charge in [0, 0.05) is 24.0 Å². The Balaban J connectivity index is 1.68. The number of alkyl halides is 3. The summed E-state index contributed by atoms with van der Waals surface area (Å²) < 4.78 is 52.8. The van der Waals surface area contributed by atoms with Crippen LogP contribution in [0, 0.1) is 5.82 Å². The molecule has 2 aliphatic carbocycles. The zero-order valence-corrected chi connectivity index (χ0v) is 17.1. The molecular weight excluding hydrogens is 414 g/mol. The summed E-state index contributed by atoms with van der Waals surface area (Å²) in [7, 11) is 0. The topological polar surface area (TPSA) is 74.2 Å². The van der Waals surface area contributed by atoms with Crippen molar-refractivity contribution in [3.63, 3.8) is 0 Å². The first-order valence-electron chi connectivity index (χ1n) is 10.1. The number of amides is 1. The lowest BCUT2D eigenvalue weighted by molar-refractivity contribution is -0.139. The number of benzene rings is 1. The van der Waals surface area contributed by atoms with E-state index in [-0.39, 0.29) is 30.0 Å². The molecule has 2 aliphatic rings. The van der Waals surface area contributed by atoms with Crippen molar-refractivity contribution < 1.29 is 27.5 Å². The van der Waals surface area contributed by atoms with Crippen LogP contribution in [0.25, 0.3) is 0 Å². The number of fused-ring (bicyclic) bond motifs is 5.